The highest BCUT2D eigenvalue weighted by Crippen LogP contribution is 2.31. The van der Waals surface area contributed by atoms with E-state index in [1.807, 2.05) is 12.1 Å². The largest absolute Gasteiger partial charge is 0.744 e. The number of carbonyl (C=O) groups excluding carboxylic acids is 1. The molecular weight excluding hydrogens is 931 g/mol. The minimum absolute atomic E-state index is 0.231. The fourth-order valence-corrected chi connectivity index (χ4v) is 9.50. The van der Waals surface area contributed by atoms with E-state index in [1.54, 1.807) is 45.2 Å². The molecule has 0 saturated heterocycles. The van der Waals surface area contributed by atoms with Gasteiger partial charge in [-0.1, -0.05) is 0 Å². The fraction of sp³-hybridized carbons (Fsp3) is 0.0714. The second kappa shape index (κ2) is 9.85. The van der Waals surface area contributed by atoms with Gasteiger partial charge < -0.3 is 14.0 Å². The Bertz CT molecular complexity index is 930. The molecule has 0 bridgehead atoms. The number of carbonyl (C=O) groups is 1. The number of halogens is 5. The van der Waals surface area contributed by atoms with Crippen molar-refractivity contribution in [2.75, 3.05) is 6.61 Å². The molecule has 26 heavy (non-hydrogen) atoms. The number of esters is 1. The molecule has 6 nitrogen and oxygen atoms in total. The SMILES string of the molecule is O=C(COc1cc(I)c(S(=O)(=O)[O-])c(I)c1)Oc1c(I)cc(I)cc1I. The van der Waals surface area contributed by atoms with E-state index in [4.69, 9.17) is 9.47 Å². The Balaban J connectivity index is 2.11. The van der Waals surface area contributed by atoms with Crippen molar-refractivity contribution in [3.05, 3.63) is 42.1 Å². The average molecular weight is 937 g/mol. The summed E-state index contributed by atoms with van der Waals surface area (Å²) in [5, 5.41) is 0. The van der Waals surface area contributed by atoms with Crippen molar-refractivity contribution < 1.29 is 27.2 Å². The van der Waals surface area contributed by atoms with Crippen LogP contribution in [0.2, 0.25) is 0 Å². The van der Waals surface area contributed by atoms with E-state index in [1.165, 1.54) is 12.1 Å². The van der Waals surface area contributed by atoms with E-state index in [-0.39, 0.29) is 24.4 Å². The molecule has 0 aromatic heterocycles. The molecule has 2 aromatic carbocycles. The quantitative estimate of drug-likeness (QED) is 0.189. The third-order valence-electron chi connectivity index (χ3n) is 2.76. The molecule has 0 amide bonds. The first-order valence-electron chi connectivity index (χ1n) is 6.42. The molecule has 2 rings (SSSR count). The minimum atomic E-state index is -4.58. The van der Waals surface area contributed by atoms with Crippen LogP contribution in [0.15, 0.2) is 29.2 Å². The van der Waals surface area contributed by atoms with Gasteiger partial charge in [-0.25, -0.2) is 13.2 Å². The van der Waals surface area contributed by atoms with Gasteiger partial charge in [0.2, 0.25) is 0 Å². The lowest BCUT2D eigenvalue weighted by Gasteiger charge is -2.14. The minimum Gasteiger partial charge on any atom is -0.744 e. The zero-order chi connectivity index (χ0) is 19.6. The number of benzene rings is 2. The summed E-state index contributed by atoms with van der Waals surface area (Å²) < 4.78 is 47.6. The van der Waals surface area contributed by atoms with Crippen molar-refractivity contribution in [2.45, 2.75) is 4.90 Å². The lowest BCUT2D eigenvalue weighted by atomic mass is 10.3. The monoisotopic (exact) mass is 937 g/mol. The maximum Gasteiger partial charge on any atom is 0.349 e. The number of hydrogen-bond acceptors (Lipinski definition) is 6. The van der Waals surface area contributed by atoms with Gasteiger partial charge in [0.15, 0.2) is 12.4 Å². The molecule has 0 fully saturated rings. The standard InChI is InChI=1S/C14H7I5O6S/c15-6-1-8(16)13(9(17)2-6)25-12(20)5-24-7-3-10(18)14(11(19)4-7)26(21,22)23/h1-4H,5H2,(H,21,22,23)/p-1. The van der Waals surface area contributed by atoms with Crippen LogP contribution in [0.25, 0.3) is 0 Å². The maximum atomic E-state index is 12.1. The molecule has 0 unspecified atom stereocenters. The smallest absolute Gasteiger partial charge is 0.349 e. The Kier molecular flexibility index (Phi) is 8.92. The van der Waals surface area contributed by atoms with Crippen LogP contribution in [-0.4, -0.2) is 25.5 Å². The van der Waals surface area contributed by atoms with Crippen LogP contribution in [0, 0.1) is 17.9 Å². The molecule has 12 heteroatoms. The molecule has 0 saturated carbocycles. The van der Waals surface area contributed by atoms with Gasteiger partial charge in [-0.15, -0.1) is 0 Å². The van der Waals surface area contributed by atoms with Crippen molar-refractivity contribution in [3.63, 3.8) is 0 Å². The Morgan fingerprint density at radius 1 is 0.923 bits per heavy atom. The molecule has 140 valence electrons. The zero-order valence-electron chi connectivity index (χ0n) is 12.3. The van der Waals surface area contributed by atoms with Crippen LogP contribution in [0.5, 0.6) is 11.5 Å². The molecule has 0 N–H and O–H groups in total. The number of rotatable bonds is 5. The van der Waals surface area contributed by atoms with Gasteiger partial charge in [-0.05, 0) is 137 Å². The highest BCUT2D eigenvalue weighted by molar-refractivity contribution is 14.1. The maximum absolute atomic E-state index is 12.1. The molecule has 0 aliphatic heterocycles. The second-order valence-electron chi connectivity index (χ2n) is 4.63. The van der Waals surface area contributed by atoms with E-state index in [2.05, 4.69) is 67.8 Å². The number of ether oxygens (including phenoxy) is 2. The van der Waals surface area contributed by atoms with Crippen LogP contribution in [0.1, 0.15) is 0 Å². The summed E-state index contributed by atoms with van der Waals surface area (Å²) in [5.41, 5.74) is 0. The van der Waals surface area contributed by atoms with Crippen LogP contribution < -0.4 is 9.47 Å². The first-order chi connectivity index (χ1) is 12.0. The van der Waals surface area contributed by atoms with Crippen molar-refractivity contribution in [2.24, 2.45) is 0 Å². The lowest BCUT2D eigenvalue weighted by molar-refractivity contribution is -0.136. The summed E-state index contributed by atoms with van der Waals surface area (Å²) in [6, 6.07) is 6.55. The predicted octanol–water partition coefficient (Wildman–Crippen LogP) is 4.60. The molecule has 0 aliphatic rings. The van der Waals surface area contributed by atoms with E-state index in [0.29, 0.717) is 5.75 Å². The van der Waals surface area contributed by atoms with Crippen molar-refractivity contribution in [1.82, 2.24) is 0 Å². The molecule has 0 radical (unpaired) electrons. The summed E-state index contributed by atoms with van der Waals surface area (Å²) in [5.74, 6) is 0.153. The zero-order valence-corrected chi connectivity index (χ0v) is 23.9. The molecule has 0 atom stereocenters. The summed E-state index contributed by atoms with van der Waals surface area (Å²) in [6.07, 6.45) is 0. The molecular formula is C14H6I5O6S-. The van der Waals surface area contributed by atoms with Crippen molar-refractivity contribution >= 4 is 129 Å². The van der Waals surface area contributed by atoms with Crippen molar-refractivity contribution in [1.29, 1.82) is 0 Å². The van der Waals surface area contributed by atoms with Gasteiger partial charge in [0.1, 0.15) is 15.9 Å². The van der Waals surface area contributed by atoms with Gasteiger partial charge in [0.05, 0.1) is 12.0 Å². The normalized spacial score (nSPS) is 11.3. The van der Waals surface area contributed by atoms with E-state index in [9.17, 15) is 17.8 Å². The summed E-state index contributed by atoms with van der Waals surface area (Å²) in [6.45, 7) is -0.353. The van der Waals surface area contributed by atoms with Crippen LogP contribution in [-0.2, 0) is 14.9 Å². The highest BCUT2D eigenvalue weighted by atomic mass is 127. The average Bonchev–Trinajstić information content (AvgIpc) is 2.46. The second-order valence-corrected chi connectivity index (χ2v) is 11.8. The van der Waals surface area contributed by atoms with Gasteiger partial charge >= 0.3 is 5.97 Å². The number of hydrogen-bond donors (Lipinski definition) is 0. The summed E-state index contributed by atoms with van der Waals surface area (Å²) in [4.78, 5) is 11.8. The highest BCUT2D eigenvalue weighted by Gasteiger charge is 2.16. The van der Waals surface area contributed by atoms with Gasteiger partial charge in [-0.3, -0.25) is 0 Å². The lowest BCUT2D eigenvalue weighted by Crippen LogP contribution is -2.19. The molecule has 0 heterocycles. The van der Waals surface area contributed by atoms with E-state index >= 15 is 0 Å². The van der Waals surface area contributed by atoms with Crippen LogP contribution in [0.4, 0.5) is 0 Å². The Labute approximate surface area is 218 Å². The van der Waals surface area contributed by atoms with Gasteiger partial charge in [-0.2, -0.15) is 0 Å². The first-order valence-corrected chi connectivity index (χ1v) is 13.2. The molecule has 0 spiro atoms. The topological polar surface area (TPSA) is 92.7 Å². The van der Waals surface area contributed by atoms with Crippen LogP contribution in [0.3, 0.4) is 0 Å². The Hall–Kier alpha value is 1.27. The third kappa shape index (κ3) is 6.39. The van der Waals surface area contributed by atoms with Gasteiger partial charge in [0, 0.05) is 10.7 Å². The van der Waals surface area contributed by atoms with E-state index in [0.717, 1.165) is 10.7 Å². The Morgan fingerprint density at radius 2 is 1.42 bits per heavy atom. The van der Waals surface area contributed by atoms with Crippen molar-refractivity contribution in [3.8, 4) is 11.5 Å². The molecule has 0 aliphatic carbocycles. The molecule has 2 aromatic rings. The van der Waals surface area contributed by atoms with E-state index < -0.39 is 16.1 Å². The predicted molar refractivity (Wildman–Crippen MR) is 136 cm³/mol. The summed E-state index contributed by atoms with van der Waals surface area (Å²) in [7, 11) is -4.58. The first kappa shape index (κ1) is 23.5. The van der Waals surface area contributed by atoms with Crippen LogP contribution >= 0.6 is 113 Å². The fourth-order valence-electron chi connectivity index (χ4n) is 1.77. The summed E-state index contributed by atoms with van der Waals surface area (Å²) >= 11 is 9.84. The Morgan fingerprint density at radius 3 is 1.88 bits per heavy atom. The van der Waals surface area contributed by atoms with Gasteiger partial charge in [0.25, 0.3) is 0 Å². The third-order valence-corrected chi connectivity index (χ3v) is 8.36.